The molecule has 0 bridgehead atoms. The lowest BCUT2D eigenvalue weighted by Gasteiger charge is -2.19. The number of esters is 1. The van der Waals surface area contributed by atoms with Gasteiger partial charge in [0.15, 0.2) is 0 Å². The average molecular weight is 279 g/mol. The molecule has 0 heterocycles. The van der Waals surface area contributed by atoms with Gasteiger partial charge in [0.2, 0.25) is 0 Å². The van der Waals surface area contributed by atoms with E-state index in [2.05, 4.69) is 0 Å². The minimum atomic E-state index is -0.394. The molecule has 0 fully saturated rings. The first-order chi connectivity index (χ1) is 9.37. The lowest BCUT2D eigenvalue weighted by Crippen LogP contribution is -2.23. The number of nitrogen functional groups attached to an aromatic ring is 1. The maximum Gasteiger partial charge on any atom is 0.306 e. The van der Waals surface area contributed by atoms with E-state index in [1.165, 1.54) is 0 Å². The highest BCUT2D eigenvalue weighted by Gasteiger charge is 2.15. The van der Waals surface area contributed by atoms with Gasteiger partial charge in [0, 0.05) is 12.1 Å². The number of ether oxygens (including phenoxy) is 2. The van der Waals surface area contributed by atoms with Gasteiger partial charge in [0.25, 0.3) is 0 Å². The summed E-state index contributed by atoms with van der Waals surface area (Å²) in [6.07, 6.45) is 3.18. The van der Waals surface area contributed by atoms with Gasteiger partial charge in [-0.1, -0.05) is 0 Å². The molecule has 1 rings (SSSR count). The van der Waals surface area contributed by atoms with Crippen molar-refractivity contribution < 1.29 is 14.3 Å². The van der Waals surface area contributed by atoms with Crippen molar-refractivity contribution >= 4 is 11.7 Å². The van der Waals surface area contributed by atoms with Crippen molar-refractivity contribution in [2.75, 3.05) is 12.3 Å². The summed E-state index contributed by atoms with van der Waals surface area (Å²) in [5.41, 5.74) is 5.93. The normalized spacial score (nSPS) is 11.2. The van der Waals surface area contributed by atoms with Crippen LogP contribution in [0.25, 0.3) is 0 Å². The van der Waals surface area contributed by atoms with E-state index in [9.17, 15) is 4.79 Å². The predicted molar refractivity (Wildman–Crippen MR) is 80.7 cm³/mol. The Hall–Kier alpha value is -1.71. The summed E-state index contributed by atoms with van der Waals surface area (Å²) < 4.78 is 10.8. The first kappa shape index (κ1) is 16.3. The molecule has 4 nitrogen and oxygen atoms in total. The number of nitrogens with two attached hydrogens (primary N) is 1. The Balaban J connectivity index is 2.05. The zero-order valence-corrected chi connectivity index (χ0v) is 12.6. The van der Waals surface area contributed by atoms with Crippen LogP contribution in [0, 0.1) is 0 Å². The summed E-state index contributed by atoms with van der Waals surface area (Å²) in [6.45, 7) is 6.29. The lowest BCUT2D eigenvalue weighted by atomic mass is 10.1. The minimum absolute atomic E-state index is 0.128. The molecule has 112 valence electrons. The van der Waals surface area contributed by atoms with Crippen LogP contribution < -0.4 is 10.5 Å². The smallest absolute Gasteiger partial charge is 0.306 e. The third kappa shape index (κ3) is 7.67. The third-order valence-corrected chi connectivity index (χ3v) is 2.59. The fraction of sp³-hybridized carbons (Fsp3) is 0.562. The molecule has 0 atom stereocenters. The molecule has 0 saturated heterocycles. The molecule has 0 saturated carbocycles. The molecular weight excluding hydrogens is 254 g/mol. The van der Waals surface area contributed by atoms with Gasteiger partial charge < -0.3 is 15.2 Å². The Morgan fingerprint density at radius 3 is 2.35 bits per heavy atom. The molecule has 1 aromatic rings. The van der Waals surface area contributed by atoms with Crippen LogP contribution in [-0.2, 0) is 9.53 Å². The molecule has 0 unspecified atom stereocenters. The Labute approximate surface area is 121 Å². The standard InChI is InChI=1S/C16H25NO3/c1-16(2,3)20-15(18)7-5-4-6-12-19-14-10-8-13(17)9-11-14/h8-11H,4-7,12,17H2,1-3H3. The Kier molecular flexibility index (Phi) is 6.36. The van der Waals surface area contributed by atoms with E-state index in [1.54, 1.807) is 0 Å². The highest BCUT2D eigenvalue weighted by molar-refractivity contribution is 5.69. The van der Waals surface area contributed by atoms with Crippen molar-refractivity contribution in [2.45, 2.75) is 52.1 Å². The first-order valence-corrected chi connectivity index (χ1v) is 7.07. The maximum absolute atomic E-state index is 11.5. The second-order valence-corrected chi connectivity index (χ2v) is 5.81. The van der Waals surface area contributed by atoms with E-state index in [1.807, 2.05) is 45.0 Å². The van der Waals surface area contributed by atoms with Gasteiger partial charge in [0.1, 0.15) is 11.4 Å². The summed E-state index contributed by atoms with van der Waals surface area (Å²) in [6, 6.07) is 7.35. The van der Waals surface area contributed by atoms with E-state index in [0.29, 0.717) is 13.0 Å². The number of carbonyl (C=O) groups excluding carboxylic acids is 1. The fourth-order valence-electron chi connectivity index (χ4n) is 1.69. The number of rotatable bonds is 7. The van der Waals surface area contributed by atoms with Gasteiger partial charge in [-0.2, -0.15) is 0 Å². The summed E-state index contributed by atoms with van der Waals surface area (Å²) in [5, 5.41) is 0. The average Bonchev–Trinajstić information content (AvgIpc) is 2.33. The van der Waals surface area contributed by atoms with Gasteiger partial charge in [-0.05, 0) is 64.3 Å². The van der Waals surface area contributed by atoms with Gasteiger partial charge >= 0.3 is 5.97 Å². The zero-order valence-electron chi connectivity index (χ0n) is 12.6. The molecule has 0 aromatic heterocycles. The highest BCUT2D eigenvalue weighted by atomic mass is 16.6. The summed E-state index contributed by atoms with van der Waals surface area (Å²) in [7, 11) is 0. The van der Waals surface area contributed by atoms with E-state index in [0.717, 1.165) is 30.7 Å². The van der Waals surface area contributed by atoms with Crippen molar-refractivity contribution in [2.24, 2.45) is 0 Å². The second kappa shape index (κ2) is 7.78. The Morgan fingerprint density at radius 2 is 1.75 bits per heavy atom. The van der Waals surface area contributed by atoms with Crippen LogP contribution in [0.4, 0.5) is 5.69 Å². The highest BCUT2D eigenvalue weighted by Crippen LogP contribution is 2.14. The molecule has 4 heteroatoms. The largest absolute Gasteiger partial charge is 0.494 e. The molecule has 0 aliphatic heterocycles. The molecule has 1 aromatic carbocycles. The van der Waals surface area contributed by atoms with Crippen LogP contribution >= 0.6 is 0 Å². The van der Waals surface area contributed by atoms with Crippen molar-refractivity contribution in [3.8, 4) is 5.75 Å². The van der Waals surface area contributed by atoms with Gasteiger partial charge in [0.05, 0.1) is 6.61 Å². The first-order valence-electron chi connectivity index (χ1n) is 7.07. The number of carbonyl (C=O) groups is 1. The van der Waals surface area contributed by atoms with Crippen LogP contribution in [-0.4, -0.2) is 18.2 Å². The molecule has 20 heavy (non-hydrogen) atoms. The molecule has 0 amide bonds. The quantitative estimate of drug-likeness (QED) is 0.471. The van der Waals surface area contributed by atoms with E-state index in [4.69, 9.17) is 15.2 Å². The molecule has 2 N–H and O–H groups in total. The maximum atomic E-state index is 11.5. The lowest BCUT2D eigenvalue weighted by molar-refractivity contribution is -0.154. The van der Waals surface area contributed by atoms with Crippen LogP contribution in [0.1, 0.15) is 46.5 Å². The topological polar surface area (TPSA) is 61.5 Å². The minimum Gasteiger partial charge on any atom is -0.494 e. The molecule has 0 aliphatic rings. The number of benzene rings is 1. The van der Waals surface area contributed by atoms with Crippen LogP contribution in [0.3, 0.4) is 0 Å². The Bertz CT molecular complexity index is 407. The van der Waals surface area contributed by atoms with E-state index in [-0.39, 0.29) is 5.97 Å². The summed E-state index contributed by atoms with van der Waals surface area (Å²) >= 11 is 0. The number of anilines is 1. The van der Waals surface area contributed by atoms with Crippen molar-refractivity contribution in [3.05, 3.63) is 24.3 Å². The summed E-state index contributed by atoms with van der Waals surface area (Å²) in [5.74, 6) is 0.697. The molecule has 0 radical (unpaired) electrons. The number of hydrogen-bond acceptors (Lipinski definition) is 4. The van der Waals surface area contributed by atoms with Crippen LogP contribution in [0.15, 0.2) is 24.3 Å². The van der Waals surface area contributed by atoms with Gasteiger partial charge in [-0.25, -0.2) is 0 Å². The van der Waals surface area contributed by atoms with Crippen LogP contribution in [0.2, 0.25) is 0 Å². The predicted octanol–water partition coefficient (Wildman–Crippen LogP) is 3.55. The number of unbranched alkanes of at least 4 members (excludes halogenated alkanes) is 2. The fourth-order valence-corrected chi connectivity index (χ4v) is 1.69. The van der Waals surface area contributed by atoms with Gasteiger partial charge in [-0.3, -0.25) is 4.79 Å². The van der Waals surface area contributed by atoms with E-state index < -0.39 is 5.60 Å². The zero-order chi connectivity index (χ0) is 15.0. The monoisotopic (exact) mass is 279 g/mol. The van der Waals surface area contributed by atoms with Crippen LogP contribution in [0.5, 0.6) is 5.75 Å². The SMILES string of the molecule is CC(C)(C)OC(=O)CCCCCOc1ccc(N)cc1. The van der Waals surface area contributed by atoms with Crippen molar-refractivity contribution in [1.29, 1.82) is 0 Å². The second-order valence-electron chi connectivity index (χ2n) is 5.81. The van der Waals surface area contributed by atoms with Crippen molar-refractivity contribution in [1.82, 2.24) is 0 Å². The molecule has 0 aliphatic carbocycles. The molecular formula is C16H25NO3. The van der Waals surface area contributed by atoms with Crippen molar-refractivity contribution in [3.63, 3.8) is 0 Å². The Morgan fingerprint density at radius 1 is 1.10 bits per heavy atom. The third-order valence-electron chi connectivity index (χ3n) is 2.59. The van der Waals surface area contributed by atoms with E-state index >= 15 is 0 Å². The van der Waals surface area contributed by atoms with Gasteiger partial charge in [-0.15, -0.1) is 0 Å². The molecule has 0 spiro atoms. The number of hydrogen-bond donors (Lipinski definition) is 1. The summed E-state index contributed by atoms with van der Waals surface area (Å²) in [4.78, 5) is 11.5.